The van der Waals surface area contributed by atoms with Gasteiger partial charge in [-0.2, -0.15) is 0 Å². The van der Waals surface area contributed by atoms with E-state index in [4.69, 9.17) is 4.42 Å². The van der Waals surface area contributed by atoms with E-state index in [0.29, 0.717) is 0 Å². The van der Waals surface area contributed by atoms with Crippen molar-refractivity contribution >= 4 is 102 Å². The van der Waals surface area contributed by atoms with E-state index in [2.05, 4.69) is 150 Å². The third kappa shape index (κ3) is 3.75. The topological polar surface area (TPSA) is 16.4 Å². The van der Waals surface area contributed by atoms with Gasteiger partial charge in [0.05, 0.1) is 26.5 Å². The highest BCUT2D eigenvalue weighted by atomic mass is 32.1. The van der Waals surface area contributed by atoms with Gasteiger partial charge in [0.15, 0.2) is 5.58 Å². The zero-order chi connectivity index (χ0) is 30.2. The summed E-state index contributed by atoms with van der Waals surface area (Å²) in [6.45, 7) is 0. The molecule has 10 rings (SSSR count). The molecule has 0 saturated carbocycles. The second kappa shape index (κ2) is 10.0. The molecule has 46 heavy (non-hydrogen) atoms. The van der Waals surface area contributed by atoms with Crippen LogP contribution in [0, 0.1) is 0 Å². The lowest BCUT2D eigenvalue weighted by atomic mass is 9.99. The summed E-state index contributed by atoms with van der Waals surface area (Å²) in [7, 11) is 0. The van der Waals surface area contributed by atoms with Crippen LogP contribution in [0.5, 0.6) is 0 Å². The molecule has 3 aromatic heterocycles. The molecule has 0 aliphatic rings. The average Bonchev–Trinajstić information content (AvgIpc) is 3.81. The fraction of sp³-hybridized carbons (Fsp3) is 0. The number of rotatable bonds is 4. The molecular formula is C42H25NOS2. The Hall–Kier alpha value is -5.42. The largest absolute Gasteiger partial charge is 0.454 e. The zero-order valence-electron chi connectivity index (χ0n) is 24.6. The maximum absolute atomic E-state index is 6.76. The fourth-order valence-corrected chi connectivity index (χ4v) is 9.48. The minimum absolute atomic E-state index is 0.888. The number of benzene rings is 7. The molecule has 0 unspecified atom stereocenters. The maximum atomic E-state index is 6.76. The second-order valence-corrected chi connectivity index (χ2v) is 13.7. The molecule has 3 heterocycles. The van der Waals surface area contributed by atoms with Gasteiger partial charge in [-0.15, -0.1) is 22.7 Å². The predicted octanol–water partition coefficient (Wildman–Crippen LogP) is 13.5. The monoisotopic (exact) mass is 623 g/mol. The van der Waals surface area contributed by atoms with Crippen LogP contribution in [-0.4, -0.2) is 0 Å². The number of anilines is 3. The predicted molar refractivity (Wildman–Crippen MR) is 200 cm³/mol. The Balaban J connectivity index is 1.41. The standard InChI is InChI=1S/C42H25NOS2/c1-2-12-26(13-3-1)27-24-25-33-30-16-6-9-23-38(30)46-42(33)39(27)43(34-19-10-17-31-28-14-4-7-21-36(28)44-40(31)34)35-20-11-18-32-29-15-5-8-22-37(29)45-41(32)35/h1-25H. The lowest BCUT2D eigenvalue weighted by Crippen LogP contribution is -2.12. The summed E-state index contributed by atoms with van der Waals surface area (Å²) in [5.74, 6) is 0. The normalized spacial score (nSPS) is 11.9. The molecular weight excluding hydrogens is 599 g/mol. The van der Waals surface area contributed by atoms with Gasteiger partial charge in [-0.1, -0.05) is 121 Å². The molecule has 0 spiro atoms. The number of furan rings is 1. The molecule has 0 atom stereocenters. The third-order valence-electron chi connectivity index (χ3n) is 9.08. The van der Waals surface area contributed by atoms with E-state index < -0.39 is 0 Å². The van der Waals surface area contributed by atoms with E-state index >= 15 is 0 Å². The van der Waals surface area contributed by atoms with Gasteiger partial charge in [0.1, 0.15) is 5.58 Å². The van der Waals surface area contributed by atoms with Crippen molar-refractivity contribution in [2.24, 2.45) is 0 Å². The first-order valence-electron chi connectivity index (χ1n) is 15.4. The minimum atomic E-state index is 0.888. The highest BCUT2D eigenvalue weighted by Gasteiger charge is 2.27. The van der Waals surface area contributed by atoms with Gasteiger partial charge in [-0.25, -0.2) is 0 Å². The molecule has 0 aliphatic heterocycles. The number of para-hydroxylation sites is 2. The summed E-state index contributed by atoms with van der Waals surface area (Å²) in [6, 6.07) is 54.6. The molecule has 0 amide bonds. The average molecular weight is 624 g/mol. The minimum Gasteiger partial charge on any atom is -0.454 e. The van der Waals surface area contributed by atoms with Gasteiger partial charge >= 0.3 is 0 Å². The smallest absolute Gasteiger partial charge is 0.159 e. The van der Waals surface area contributed by atoms with Crippen molar-refractivity contribution < 1.29 is 4.42 Å². The Morgan fingerprint density at radius 2 is 1.00 bits per heavy atom. The zero-order valence-corrected chi connectivity index (χ0v) is 26.2. The van der Waals surface area contributed by atoms with Crippen molar-refractivity contribution in [2.75, 3.05) is 4.90 Å². The summed E-state index contributed by atoms with van der Waals surface area (Å²) < 4.78 is 11.8. The molecule has 7 aromatic carbocycles. The lowest BCUT2D eigenvalue weighted by molar-refractivity contribution is 0.669. The van der Waals surface area contributed by atoms with Crippen LogP contribution in [0.2, 0.25) is 0 Å². The number of hydrogen-bond donors (Lipinski definition) is 0. The Morgan fingerprint density at radius 3 is 1.78 bits per heavy atom. The summed E-state index contributed by atoms with van der Waals surface area (Å²) in [5.41, 5.74) is 7.50. The molecule has 0 N–H and O–H groups in total. The van der Waals surface area contributed by atoms with Gasteiger partial charge in [-0.05, 0) is 35.9 Å². The van der Waals surface area contributed by atoms with Crippen LogP contribution in [0.3, 0.4) is 0 Å². The summed E-state index contributed by atoms with van der Waals surface area (Å²) in [6.07, 6.45) is 0. The number of fused-ring (bicyclic) bond motifs is 9. The van der Waals surface area contributed by atoms with Gasteiger partial charge in [0.2, 0.25) is 0 Å². The van der Waals surface area contributed by atoms with E-state index in [9.17, 15) is 0 Å². The van der Waals surface area contributed by atoms with Gasteiger partial charge in [0, 0.05) is 47.3 Å². The molecule has 10 aromatic rings. The Morgan fingerprint density at radius 1 is 0.413 bits per heavy atom. The highest BCUT2D eigenvalue weighted by molar-refractivity contribution is 7.27. The van der Waals surface area contributed by atoms with E-state index in [1.54, 1.807) is 0 Å². The van der Waals surface area contributed by atoms with Crippen molar-refractivity contribution in [1.82, 2.24) is 0 Å². The third-order valence-corrected chi connectivity index (χ3v) is 11.5. The van der Waals surface area contributed by atoms with Crippen LogP contribution in [-0.2, 0) is 0 Å². The lowest BCUT2D eigenvalue weighted by Gasteiger charge is -2.29. The van der Waals surface area contributed by atoms with Gasteiger partial charge in [-0.3, -0.25) is 0 Å². The van der Waals surface area contributed by atoms with Crippen molar-refractivity contribution in [2.45, 2.75) is 0 Å². The molecule has 216 valence electrons. The number of hydrogen-bond acceptors (Lipinski definition) is 4. The maximum Gasteiger partial charge on any atom is 0.159 e. The number of nitrogens with zero attached hydrogens (tertiary/aromatic N) is 1. The quantitative estimate of drug-likeness (QED) is 0.194. The molecule has 0 fully saturated rings. The first-order valence-corrected chi connectivity index (χ1v) is 17.1. The van der Waals surface area contributed by atoms with E-state index in [1.807, 2.05) is 28.7 Å². The van der Waals surface area contributed by atoms with Crippen molar-refractivity contribution in [3.63, 3.8) is 0 Å². The van der Waals surface area contributed by atoms with Crippen LogP contribution >= 0.6 is 22.7 Å². The summed E-state index contributed by atoms with van der Waals surface area (Å²) >= 11 is 3.73. The Kier molecular flexibility index (Phi) is 5.65. The highest BCUT2D eigenvalue weighted by Crippen LogP contribution is 2.53. The van der Waals surface area contributed by atoms with Crippen LogP contribution in [0.4, 0.5) is 17.1 Å². The van der Waals surface area contributed by atoms with Crippen molar-refractivity contribution in [1.29, 1.82) is 0 Å². The Labute approximate surface area is 273 Å². The first kappa shape index (κ1) is 25.9. The molecule has 0 saturated heterocycles. The summed E-state index contributed by atoms with van der Waals surface area (Å²) in [5, 5.41) is 7.35. The van der Waals surface area contributed by atoms with E-state index in [1.165, 1.54) is 57.2 Å². The van der Waals surface area contributed by atoms with Crippen molar-refractivity contribution in [3.05, 3.63) is 152 Å². The second-order valence-electron chi connectivity index (χ2n) is 11.6. The van der Waals surface area contributed by atoms with Crippen molar-refractivity contribution in [3.8, 4) is 11.1 Å². The molecule has 0 aliphatic carbocycles. The van der Waals surface area contributed by atoms with Gasteiger partial charge in [0.25, 0.3) is 0 Å². The molecule has 2 nitrogen and oxygen atoms in total. The van der Waals surface area contributed by atoms with Crippen LogP contribution in [0.1, 0.15) is 0 Å². The fourth-order valence-electron chi connectivity index (χ4n) is 7.03. The molecule has 4 heteroatoms. The Bertz CT molecular complexity index is 2650. The first-order chi connectivity index (χ1) is 22.8. The van der Waals surface area contributed by atoms with Gasteiger partial charge < -0.3 is 9.32 Å². The molecule has 0 radical (unpaired) electrons. The van der Waals surface area contributed by atoms with Crippen LogP contribution in [0.25, 0.3) is 73.4 Å². The molecule has 0 bridgehead atoms. The van der Waals surface area contributed by atoms with E-state index in [-0.39, 0.29) is 0 Å². The van der Waals surface area contributed by atoms with Crippen LogP contribution < -0.4 is 4.90 Å². The summed E-state index contributed by atoms with van der Waals surface area (Å²) in [4.78, 5) is 2.49. The van der Waals surface area contributed by atoms with E-state index in [0.717, 1.165) is 33.3 Å². The number of thiophene rings is 2. The van der Waals surface area contributed by atoms with Crippen LogP contribution in [0.15, 0.2) is 156 Å². The SMILES string of the molecule is c1ccc(-c2ccc3c(sc4ccccc43)c2N(c2cccc3c2oc2ccccc23)c2cccc3c2sc2ccccc23)cc1.